The van der Waals surface area contributed by atoms with Gasteiger partial charge in [-0.25, -0.2) is 0 Å². The van der Waals surface area contributed by atoms with Crippen LogP contribution in [-0.4, -0.2) is 231 Å². The Hall–Kier alpha value is -6.92. The molecule has 0 aromatic rings. The number of rotatable bonds is 19. The van der Waals surface area contributed by atoms with Crippen LogP contribution in [0.5, 0.6) is 0 Å². The zero-order chi connectivity index (χ0) is 70.5. The minimum absolute atomic E-state index is 0.0575. The fourth-order valence-corrected chi connectivity index (χ4v) is 11.2. The van der Waals surface area contributed by atoms with Gasteiger partial charge >= 0.3 is 5.97 Å². The number of hydrogen-bond donors (Lipinski definition) is 6. The number of allylic oxidation sites excluding steroid dienone is 2. The van der Waals surface area contributed by atoms with Crippen molar-refractivity contribution in [3.05, 3.63) is 24.4 Å². The number of nitrogens with zero attached hydrogens (tertiary/aromatic N) is 7. The SMILES string of the molecule is C=C1C(=O)N(C)[C@@H](CC(C)C)C(=O)N[C@@H](C(C)C)C(=O)N(C)[C@@H](CC(C)C)C(=O)N[C@@H](C)C(=O)N[C@H](C)C(=O)N(C)[C@@H](CC(C)C)C(=O)N(C)[C@@H](CC(C)C)C(=O)N(C)[C@@H](C(C)C)C(=O)N(C)[C@@H]([C@H](O)[C@H](C)C/C=C/CCCC(=O)O)C(=O)N[C@@H](CC)C(=O)N1C. The van der Waals surface area contributed by atoms with Gasteiger partial charge in [-0.15, -0.1) is 0 Å². The Kier molecular flexibility index (Phi) is 33.9. The van der Waals surface area contributed by atoms with Gasteiger partial charge in [-0.2, -0.15) is 0 Å². The van der Waals surface area contributed by atoms with Crippen LogP contribution >= 0.6 is 0 Å². The first kappa shape index (κ1) is 82.1. The number of amides is 11. The average molecular weight is 1290 g/mol. The molecule has 0 radical (unpaired) electrons. The Balaban J connectivity index is 4.40. The first-order valence-electron chi connectivity index (χ1n) is 32.3. The van der Waals surface area contributed by atoms with E-state index in [1.807, 2.05) is 55.4 Å². The third-order valence-corrected chi connectivity index (χ3v) is 16.9. The van der Waals surface area contributed by atoms with Crippen LogP contribution in [0.4, 0.5) is 0 Å². The van der Waals surface area contributed by atoms with E-state index in [0.29, 0.717) is 12.8 Å². The van der Waals surface area contributed by atoms with Gasteiger partial charge in [0.2, 0.25) is 59.1 Å². The molecule has 91 heavy (non-hydrogen) atoms. The Labute approximate surface area is 542 Å². The topological polar surface area (TPSA) is 316 Å². The molecule has 12 atom stereocenters. The molecule has 0 aromatic heterocycles. The van der Waals surface area contributed by atoms with E-state index in [-0.39, 0.29) is 68.6 Å². The van der Waals surface area contributed by atoms with Gasteiger partial charge in [0.15, 0.2) is 0 Å². The minimum atomic E-state index is -1.72. The van der Waals surface area contributed by atoms with Gasteiger partial charge in [0.1, 0.15) is 66.1 Å². The molecule has 1 rings (SSSR count). The van der Waals surface area contributed by atoms with E-state index >= 15 is 19.2 Å². The first-order valence-corrected chi connectivity index (χ1v) is 32.3. The molecule has 1 aliphatic rings. The summed E-state index contributed by atoms with van der Waals surface area (Å²) in [6, 6.07) is -12.9. The maximum absolute atomic E-state index is 15.3. The third-order valence-electron chi connectivity index (χ3n) is 16.9. The zero-order valence-electron chi connectivity index (χ0n) is 59.0. The second kappa shape index (κ2) is 37.6. The third kappa shape index (κ3) is 23.6. The number of aliphatic carboxylic acids is 1. The molecule has 25 nitrogen and oxygen atoms in total. The molecule has 1 heterocycles. The number of carboxylic acids is 1. The average Bonchev–Trinajstić information content (AvgIpc) is 1.73. The molecule has 11 amide bonds. The van der Waals surface area contributed by atoms with Crippen LogP contribution in [-0.2, 0) is 57.5 Å². The quantitative estimate of drug-likeness (QED) is 0.0605. The summed E-state index contributed by atoms with van der Waals surface area (Å²) < 4.78 is 0. The number of carbonyl (C=O) groups excluding carboxylic acids is 11. The number of likely N-dealkylation sites (N-methyl/N-ethyl adjacent to an activating group) is 7. The van der Waals surface area contributed by atoms with Gasteiger partial charge in [-0.1, -0.05) is 116 Å². The van der Waals surface area contributed by atoms with Gasteiger partial charge in [-0.3, -0.25) is 57.5 Å². The number of hydrogen-bond acceptors (Lipinski definition) is 13. The molecule has 1 aliphatic heterocycles. The van der Waals surface area contributed by atoms with Crippen molar-refractivity contribution < 1.29 is 67.7 Å². The number of carbonyl (C=O) groups is 12. The fraction of sp³-hybridized carbons (Fsp3) is 0.758. The van der Waals surface area contributed by atoms with Crippen LogP contribution in [0, 0.1) is 41.4 Å². The Morgan fingerprint density at radius 2 is 0.923 bits per heavy atom. The molecule has 518 valence electrons. The van der Waals surface area contributed by atoms with Crippen LogP contribution in [0.2, 0.25) is 0 Å². The van der Waals surface area contributed by atoms with Gasteiger partial charge in [0, 0.05) is 55.8 Å². The molecule has 0 spiro atoms. The number of unbranched alkanes of at least 4 members (excludes halogenated alkanes) is 1. The van der Waals surface area contributed by atoms with E-state index in [1.165, 1.54) is 82.8 Å². The smallest absolute Gasteiger partial charge is 0.303 e. The van der Waals surface area contributed by atoms with Crippen LogP contribution in [0.3, 0.4) is 0 Å². The van der Waals surface area contributed by atoms with Crippen molar-refractivity contribution in [2.75, 3.05) is 49.3 Å². The molecule has 0 unspecified atom stereocenters. The molecule has 6 N–H and O–H groups in total. The summed E-state index contributed by atoms with van der Waals surface area (Å²) in [5, 5.41) is 32.3. The Morgan fingerprint density at radius 3 is 1.38 bits per heavy atom. The van der Waals surface area contributed by atoms with Gasteiger partial charge in [-0.05, 0) is 107 Å². The summed E-state index contributed by atoms with van der Waals surface area (Å²) >= 11 is 0. The fourth-order valence-electron chi connectivity index (χ4n) is 11.2. The largest absolute Gasteiger partial charge is 0.481 e. The Bertz CT molecular complexity index is 2570. The molecule has 0 aliphatic carbocycles. The molecule has 0 aromatic carbocycles. The summed E-state index contributed by atoms with van der Waals surface area (Å²) in [6.07, 6.45) is 3.14. The van der Waals surface area contributed by atoms with Crippen molar-refractivity contribution in [1.82, 2.24) is 55.6 Å². The zero-order valence-corrected chi connectivity index (χ0v) is 59.0. The van der Waals surface area contributed by atoms with Crippen molar-refractivity contribution in [3.63, 3.8) is 0 Å². The summed E-state index contributed by atoms with van der Waals surface area (Å²) in [5.41, 5.74) is -0.392. The second-order valence-electron chi connectivity index (χ2n) is 27.3. The number of nitrogens with one attached hydrogen (secondary N) is 4. The van der Waals surface area contributed by atoms with Crippen molar-refractivity contribution in [2.24, 2.45) is 41.4 Å². The monoisotopic (exact) mass is 1290 g/mol. The van der Waals surface area contributed by atoms with Crippen LogP contribution in [0.15, 0.2) is 24.4 Å². The van der Waals surface area contributed by atoms with Crippen LogP contribution in [0.1, 0.15) is 169 Å². The maximum Gasteiger partial charge on any atom is 0.303 e. The highest BCUT2D eigenvalue weighted by Crippen LogP contribution is 2.26. The van der Waals surface area contributed by atoms with Crippen molar-refractivity contribution in [2.45, 2.75) is 235 Å². The van der Waals surface area contributed by atoms with Crippen molar-refractivity contribution in [3.8, 4) is 0 Å². The molecule has 25 heteroatoms. The van der Waals surface area contributed by atoms with Crippen LogP contribution in [0.25, 0.3) is 0 Å². The molecule has 0 saturated carbocycles. The predicted molar refractivity (Wildman–Crippen MR) is 349 cm³/mol. The van der Waals surface area contributed by atoms with Crippen molar-refractivity contribution >= 4 is 70.9 Å². The van der Waals surface area contributed by atoms with Gasteiger partial charge in [0.05, 0.1) is 6.10 Å². The second-order valence-corrected chi connectivity index (χ2v) is 27.3. The minimum Gasteiger partial charge on any atom is -0.481 e. The maximum atomic E-state index is 15.3. The predicted octanol–water partition coefficient (Wildman–Crippen LogP) is 4.02. The van der Waals surface area contributed by atoms with Gasteiger partial charge < -0.3 is 65.8 Å². The van der Waals surface area contributed by atoms with Crippen molar-refractivity contribution in [1.29, 1.82) is 0 Å². The van der Waals surface area contributed by atoms with E-state index in [4.69, 9.17) is 5.11 Å². The van der Waals surface area contributed by atoms with Gasteiger partial charge in [0.25, 0.3) is 5.91 Å². The molecular formula is C66H115N11O14. The normalized spacial score (nSPS) is 25.9. The van der Waals surface area contributed by atoms with E-state index in [2.05, 4.69) is 27.8 Å². The Morgan fingerprint density at radius 1 is 0.495 bits per heavy atom. The number of carboxylic acid groups (broad SMARTS) is 1. The molecule has 0 bridgehead atoms. The summed E-state index contributed by atoms with van der Waals surface area (Å²) in [5.74, 6) is -11.8. The lowest BCUT2D eigenvalue weighted by atomic mass is 9.91. The van der Waals surface area contributed by atoms with Crippen LogP contribution < -0.4 is 21.3 Å². The lowest BCUT2D eigenvalue weighted by Crippen LogP contribution is -2.63. The molecule has 1 fully saturated rings. The highest BCUT2D eigenvalue weighted by molar-refractivity contribution is 6.02. The number of aliphatic hydroxyl groups is 1. The van der Waals surface area contributed by atoms with E-state index in [1.54, 1.807) is 53.7 Å². The molecule has 1 saturated heterocycles. The molecular weight excluding hydrogens is 1170 g/mol. The highest BCUT2D eigenvalue weighted by Gasteiger charge is 2.46. The number of aliphatic hydroxyl groups excluding tert-OH is 1. The summed E-state index contributed by atoms with van der Waals surface area (Å²) in [4.78, 5) is 181. The van der Waals surface area contributed by atoms with E-state index in [9.17, 15) is 43.5 Å². The summed E-state index contributed by atoms with van der Waals surface area (Å²) in [7, 11) is 9.61. The lowest BCUT2D eigenvalue weighted by molar-refractivity contribution is -0.157. The summed E-state index contributed by atoms with van der Waals surface area (Å²) in [6.45, 7) is 31.6. The highest BCUT2D eigenvalue weighted by atomic mass is 16.4. The van der Waals surface area contributed by atoms with E-state index < -0.39 is 161 Å². The lowest BCUT2D eigenvalue weighted by Gasteiger charge is -2.41. The van der Waals surface area contributed by atoms with E-state index in [0.717, 1.165) is 14.7 Å². The first-order chi connectivity index (χ1) is 42.0. The standard InChI is InChI=1S/C66H115N11O14/c1-25-46-62(87)71(18)45(17)61(86)72(19)48(33-37(4)5)58(83)70-52(40(10)11)65(90)73(20)47(32-36(2)3)57(82)67-43(15)56(81)68-44(16)60(85)74(21)49(34-38(6)7)63(88)75(22)50(35-39(8)9)64(89)76(23)53(41(12)13)66(91)77(24)54(59(84)69-46)55(80)42(14)30-28-26-27-29-31-51(78)79/h26,28,36-44,46-50,52-55,80H,17,25,27,29-35H2,1-16,18-24H3,(H,67,82)(H,68,81)(H,69,84)(H,70,83)(H,78,79)/b28-26+/t42-,43+,44-,46+,47+,48+,49+,50+,52+,53+,54+,55-/m1/s1.